The number of hydrogen-bond donors (Lipinski definition) is 1. The van der Waals surface area contributed by atoms with Gasteiger partial charge in [0.25, 0.3) is 11.7 Å². The number of ketones is 1. The molecule has 1 N–H and O–H groups in total. The van der Waals surface area contributed by atoms with Crippen molar-refractivity contribution in [2.45, 2.75) is 19.4 Å². The summed E-state index contributed by atoms with van der Waals surface area (Å²) in [7, 11) is 5.48. The van der Waals surface area contributed by atoms with E-state index in [-0.39, 0.29) is 11.3 Å². The van der Waals surface area contributed by atoms with E-state index in [1.807, 2.05) is 49.3 Å². The number of aromatic nitrogens is 2. The van der Waals surface area contributed by atoms with Gasteiger partial charge in [0.2, 0.25) is 0 Å². The van der Waals surface area contributed by atoms with Crippen molar-refractivity contribution >= 4 is 23.1 Å². The lowest BCUT2D eigenvalue weighted by atomic mass is 9.96. The molecule has 0 spiro atoms. The number of hydrogen-bond acceptors (Lipinski definition) is 6. The van der Waals surface area contributed by atoms with Crippen molar-refractivity contribution in [1.29, 1.82) is 0 Å². The van der Waals surface area contributed by atoms with Crippen LogP contribution >= 0.6 is 0 Å². The molecule has 1 atom stereocenters. The Kier molecular flexibility index (Phi) is 6.20. The van der Waals surface area contributed by atoms with E-state index in [1.54, 1.807) is 41.7 Å². The molecule has 33 heavy (non-hydrogen) atoms. The van der Waals surface area contributed by atoms with Gasteiger partial charge >= 0.3 is 0 Å². The number of benzene rings is 1. The number of aliphatic hydroxyl groups is 1. The Morgan fingerprint density at radius 3 is 2.70 bits per heavy atom. The molecule has 0 radical (unpaired) electrons. The summed E-state index contributed by atoms with van der Waals surface area (Å²) in [6, 6.07) is 12.0. The van der Waals surface area contributed by atoms with Gasteiger partial charge in [-0.15, -0.1) is 0 Å². The van der Waals surface area contributed by atoms with Crippen molar-refractivity contribution in [2.75, 3.05) is 34.3 Å². The smallest absolute Gasteiger partial charge is 0.295 e. The average molecular weight is 449 g/mol. The predicted molar refractivity (Wildman–Crippen MR) is 125 cm³/mol. The van der Waals surface area contributed by atoms with Crippen LogP contribution in [-0.2, 0) is 9.59 Å². The van der Waals surface area contributed by atoms with Crippen LogP contribution in [0, 0.1) is 6.92 Å². The molecule has 4 rings (SSSR count). The molecule has 0 unspecified atom stereocenters. The van der Waals surface area contributed by atoms with Crippen molar-refractivity contribution in [3.05, 3.63) is 71.2 Å². The summed E-state index contributed by atoms with van der Waals surface area (Å²) in [6.45, 7) is 2.92. The van der Waals surface area contributed by atoms with Crippen LogP contribution in [0.3, 0.4) is 0 Å². The molecule has 8 nitrogen and oxygen atoms in total. The Labute approximate surface area is 192 Å². The molecule has 172 valence electrons. The first-order valence-corrected chi connectivity index (χ1v) is 10.8. The van der Waals surface area contributed by atoms with Gasteiger partial charge < -0.3 is 19.6 Å². The molecule has 0 aliphatic carbocycles. The van der Waals surface area contributed by atoms with Crippen LogP contribution in [0.15, 0.2) is 54.2 Å². The number of carbonyl (C=O) groups is 2. The molecule has 1 fully saturated rings. The lowest BCUT2D eigenvalue weighted by Crippen LogP contribution is -2.32. The molecule has 1 saturated heterocycles. The quantitative estimate of drug-likeness (QED) is 0.340. The number of aliphatic hydroxyl groups excluding tert-OH is 1. The average Bonchev–Trinajstić information content (AvgIpc) is 3.26. The summed E-state index contributed by atoms with van der Waals surface area (Å²) in [5.74, 6) is -0.935. The third-order valence-electron chi connectivity index (χ3n) is 5.88. The number of pyridine rings is 1. The number of carbonyl (C=O) groups excluding carboxylic acids is 2. The van der Waals surface area contributed by atoms with E-state index in [2.05, 4.69) is 4.98 Å². The van der Waals surface area contributed by atoms with E-state index in [9.17, 15) is 14.7 Å². The van der Waals surface area contributed by atoms with Crippen LogP contribution in [0.4, 0.5) is 0 Å². The number of ether oxygens (including phenoxy) is 1. The third kappa shape index (κ3) is 4.09. The second kappa shape index (κ2) is 9.07. The van der Waals surface area contributed by atoms with Gasteiger partial charge in [0.05, 0.1) is 24.4 Å². The van der Waals surface area contributed by atoms with E-state index in [0.29, 0.717) is 41.3 Å². The highest BCUT2D eigenvalue weighted by Gasteiger charge is 2.46. The fraction of sp³-hybridized carbons (Fsp3) is 0.320. The fourth-order valence-electron chi connectivity index (χ4n) is 4.35. The summed E-state index contributed by atoms with van der Waals surface area (Å²) >= 11 is 0. The summed E-state index contributed by atoms with van der Waals surface area (Å²) in [5.41, 5.74) is 2.39. The minimum absolute atomic E-state index is 0.0619. The first kappa shape index (κ1) is 22.5. The van der Waals surface area contributed by atoms with E-state index in [1.165, 1.54) is 0 Å². The van der Waals surface area contributed by atoms with Gasteiger partial charge in [-0.1, -0.05) is 18.2 Å². The van der Waals surface area contributed by atoms with Crippen LogP contribution in [0.5, 0.6) is 5.75 Å². The van der Waals surface area contributed by atoms with Gasteiger partial charge in [0.15, 0.2) is 5.76 Å². The second-order valence-corrected chi connectivity index (χ2v) is 8.40. The molecule has 0 saturated carbocycles. The lowest BCUT2D eigenvalue weighted by Gasteiger charge is -2.26. The molecule has 1 aliphatic rings. The van der Waals surface area contributed by atoms with Crippen LogP contribution in [0.25, 0.3) is 11.4 Å². The summed E-state index contributed by atoms with van der Waals surface area (Å²) in [4.78, 5) is 34.4. The molecule has 1 amide bonds. The third-order valence-corrected chi connectivity index (χ3v) is 5.88. The van der Waals surface area contributed by atoms with Gasteiger partial charge in [0, 0.05) is 12.7 Å². The number of aryl methyl sites for hydroxylation is 1. The highest BCUT2D eigenvalue weighted by molar-refractivity contribution is 6.46. The standard InChI is InChI=1S/C25H28N4O4/c1-16-21(28-13-6-5-11-19(28)26-16)23(30)20-22(17-9-7-10-18(15-17)33-4)29(25(32)24(20)31)14-8-12-27(2)3/h5-7,9-11,13,15,22,30H,8,12,14H2,1-4H3/b23-20+/t22-/m0/s1. The topological polar surface area (TPSA) is 87.4 Å². The molecular formula is C25H28N4O4. The van der Waals surface area contributed by atoms with Gasteiger partial charge in [-0.25, -0.2) is 4.98 Å². The number of rotatable bonds is 7. The number of likely N-dealkylation sites (tertiary alicyclic amines) is 1. The Bertz CT molecular complexity index is 1240. The van der Waals surface area contributed by atoms with Crippen molar-refractivity contribution in [1.82, 2.24) is 19.2 Å². The number of nitrogens with zero attached hydrogens (tertiary/aromatic N) is 4. The lowest BCUT2D eigenvalue weighted by molar-refractivity contribution is -0.139. The van der Waals surface area contributed by atoms with E-state index in [0.717, 1.165) is 6.54 Å². The monoisotopic (exact) mass is 448 g/mol. The Balaban J connectivity index is 1.89. The minimum Gasteiger partial charge on any atom is -0.505 e. The number of amides is 1. The summed E-state index contributed by atoms with van der Waals surface area (Å²) in [5, 5.41) is 11.4. The molecule has 1 aromatic carbocycles. The van der Waals surface area contributed by atoms with Gasteiger partial charge in [0.1, 0.15) is 17.1 Å². The highest BCUT2D eigenvalue weighted by atomic mass is 16.5. The van der Waals surface area contributed by atoms with E-state index >= 15 is 0 Å². The Morgan fingerprint density at radius 1 is 1.18 bits per heavy atom. The van der Waals surface area contributed by atoms with Crippen LogP contribution < -0.4 is 4.74 Å². The Morgan fingerprint density at radius 2 is 1.97 bits per heavy atom. The van der Waals surface area contributed by atoms with Gasteiger partial charge in [-0.2, -0.15) is 0 Å². The van der Waals surface area contributed by atoms with Gasteiger partial charge in [-0.3, -0.25) is 14.0 Å². The minimum atomic E-state index is -0.726. The SMILES string of the molecule is COc1cccc([C@H]2/C(=C(\O)c3c(C)nc4ccccn34)C(=O)C(=O)N2CCCN(C)C)c1. The van der Waals surface area contributed by atoms with Crippen LogP contribution in [-0.4, -0.2) is 70.3 Å². The summed E-state index contributed by atoms with van der Waals surface area (Å²) < 4.78 is 7.10. The van der Waals surface area contributed by atoms with E-state index < -0.39 is 17.7 Å². The molecule has 3 aromatic rings. The molecule has 1 aliphatic heterocycles. The maximum Gasteiger partial charge on any atom is 0.295 e. The zero-order valence-electron chi connectivity index (χ0n) is 19.3. The largest absolute Gasteiger partial charge is 0.505 e. The highest BCUT2D eigenvalue weighted by Crippen LogP contribution is 2.40. The number of imidazole rings is 1. The van der Waals surface area contributed by atoms with E-state index in [4.69, 9.17) is 4.74 Å². The molecule has 3 heterocycles. The zero-order valence-corrected chi connectivity index (χ0v) is 19.3. The maximum atomic E-state index is 13.3. The number of methoxy groups -OCH3 is 1. The van der Waals surface area contributed by atoms with Crippen molar-refractivity contribution in [3.8, 4) is 5.75 Å². The summed E-state index contributed by atoms with van der Waals surface area (Å²) in [6.07, 6.45) is 2.47. The molecule has 2 aromatic heterocycles. The predicted octanol–water partition coefficient (Wildman–Crippen LogP) is 3.02. The van der Waals surface area contributed by atoms with Crippen LogP contribution in [0.1, 0.15) is 29.4 Å². The Hall–Kier alpha value is -3.65. The van der Waals surface area contributed by atoms with Gasteiger partial charge in [-0.05, 0) is 63.8 Å². The fourth-order valence-corrected chi connectivity index (χ4v) is 4.35. The maximum absolute atomic E-state index is 13.3. The first-order valence-electron chi connectivity index (χ1n) is 10.8. The molecule has 8 heteroatoms. The zero-order chi connectivity index (χ0) is 23.7. The second-order valence-electron chi connectivity index (χ2n) is 8.40. The number of Topliss-reactive ketones (excluding diaryl/α,β-unsaturated/α-hetero) is 1. The molecule has 0 bridgehead atoms. The van der Waals surface area contributed by atoms with Crippen molar-refractivity contribution in [3.63, 3.8) is 0 Å². The van der Waals surface area contributed by atoms with Crippen molar-refractivity contribution in [2.24, 2.45) is 0 Å². The van der Waals surface area contributed by atoms with Crippen LogP contribution in [0.2, 0.25) is 0 Å². The number of fused-ring (bicyclic) bond motifs is 1. The van der Waals surface area contributed by atoms with Crippen molar-refractivity contribution < 1.29 is 19.4 Å². The molecular weight excluding hydrogens is 420 g/mol. The first-order chi connectivity index (χ1) is 15.8. The normalized spacial score (nSPS) is 18.0.